The van der Waals surface area contributed by atoms with Crippen LogP contribution in [0.1, 0.15) is 26.7 Å². The Morgan fingerprint density at radius 3 is 2.33 bits per heavy atom. The third-order valence-corrected chi connectivity index (χ3v) is 1.39. The molecule has 1 aliphatic rings. The summed E-state index contributed by atoms with van der Waals surface area (Å²) in [4.78, 5) is 0. The zero-order chi connectivity index (χ0) is 6.69. The van der Waals surface area contributed by atoms with Crippen LogP contribution in [0, 0.1) is 12.0 Å². The van der Waals surface area contributed by atoms with Crippen molar-refractivity contribution in [3.8, 4) is 0 Å². The van der Waals surface area contributed by atoms with Gasteiger partial charge in [0.15, 0.2) is 0 Å². The number of halogens is 2. The van der Waals surface area contributed by atoms with Crippen LogP contribution < -0.4 is 24.8 Å². The van der Waals surface area contributed by atoms with Crippen molar-refractivity contribution >= 4 is 0 Å². The summed E-state index contributed by atoms with van der Waals surface area (Å²) in [5.41, 5.74) is 1.39. The number of hydrogen-bond acceptors (Lipinski definition) is 0. The Balaban J connectivity index is -0.000000270. The molecule has 0 atom stereocenters. The van der Waals surface area contributed by atoms with Crippen molar-refractivity contribution in [2.45, 2.75) is 26.7 Å². The molecule has 0 aromatic carbocycles. The van der Waals surface area contributed by atoms with Crippen molar-refractivity contribution in [2.75, 3.05) is 0 Å². The molecule has 0 saturated heterocycles. The van der Waals surface area contributed by atoms with Crippen LogP contribution in [0.15, 0.2) is 17.7 Å². The molecule has 0 aromatic heterocycles. The summed E-state index contributed by atoms with van der Waals surface area (Å²) in [6, 6.07) is 0. The molecule has 0 spiro atoms. The van der Waals surface area contributed by atoms with Crippen molar-refractivity contribution in [3.63, 3.8) is 0 Å². The van der Waals surface area contributed by atoms with Gasteiger partial charge in [-0.1, -0.05) is 20.3 Å². The summed E-state index contributed by atoms with van der Waals surface area (Å²) in [7, 11) is 0. The molecule has 0 fully saturated rings. The predicted molar refractivity (Wildman–Crippen MR) is 40.0 cm³/mol. The summed E-state index contributed by atoms with van der Waals surface area (Å²) in [6.07, 6.45) is 9.86. The second kappa shape index (κ2) is 10.0. The van der Waals surface area contributed by atoms with Crippen LogP contribution in [0.5, 0.6) is 0 Å². The Labute approximate surface area is 106 Å². The Bertz CT molecular complexity index is 151. The van der Waals surface area contributed by atoms with E-state index in [-0.39, 0.29) is 50.7 Å². The van der Waals surface area contributed by atoms with E-state index in [1.165, 1.54) is 12.0 Å². The fourth-order valence-corrected chi connectivity index (χ4v) is 1.03. The molecule has 70 valence electrons. The molecule has 12 heavy (non-hydrogen) atoms. The first-order chi connectivity index (χ1) is 4.29. The molecule has 0 nitrogen and oxygen atoms in total. The van der Waals surface area contributed by atoms with Gasteiger partial charge < -0.3 is 24.8 Å². The third-order valence-electron chi connectivity index (χ3n) is 1.39. The molecule has 0 amide bonds. The fourth-order valence-electron chi connectivity index (χ4n) is 1.03. The van der Waals surface area contributed by atoms with Crippen molar-refractivity contribution in [2.24, 2.45) is 5.92 Å². The molecule has 0 saturated carbocycles. The minimum atomic E-state index is 0. The van der Waals surface area contributed by atoms with E-state index in [9.17, 15) is 0 Å². The maximum absolute atomic E-state index is 3.29. The van der Waals surface area contributed by atoms with E-state index < -0.39 is 0 Å². The van der Waals surface area contributed by atoms with Gasteiger partial charge in [-0.2, -0.15) is 6.08 Å². The Morgan fingerprint density at radius 2 is 2.00 bits per heavy atom. The van der Waals surface area contributed by atoms with Crippen LogP contribution >= 0.6 is 0 Å². The summed E-state index contributed by atoms with van der Waals surface area (Å²) >= 11 is 0. The summed E-state index contributed by atoms with van der Waals surface area (Å²) in [5.74, 6) is 0.773. The summed E-state index contributed by atoms with van der Waals surface area (Å²) in [5, 5.41) is 0. The maximum Gasteiger partial charge on any atom is 0 e. The van der Waals surface area contributed by atoms with Gasteiger partial charge in [0.2, 0.25) is 0 Å². The van der Waals surface area contributed by atoms with E-state index in [0.29, 0.717) is 0 Å². The molecule has 0 aliphatic heterocycles. The third kappa shape index (κ3) is 7.57. The van der Waals surface area contributed by atoms with Gasteiger partial charge in [0.05, 0.1) is 0 Å². The molecule has 0 radical (unpaired) electrons. The Hall–Kier alpha value is 0.930. The van der Waals surface area contributed by atoms with Crippen LogP contribution in [-0.4, -0.2) is 0 Å². The molecule has 0 heterocycles. The van der Waals surface area contributed by atoms with Gasteiger partial charge in [-0.3, -0.25) is 6.08 Å². The van der Waals surface area contributed by atoms with Crippen molar-refractivity contribution in [3.05, 3.63) is 23.8 Å². The van der Waals surface area contributed by atoms with Gasteiger partial charge in [-0.05, 0) is 5.92 Å². The van der Waals surface area contributed by atoms with Crippen molar-refractivity contribution in [1.29, 1.82) is 0 Å². The van der Waals surface area contributed by atoms with Crippen LogP contribution in [-0.2, 0) is 25.8 Å². The summed E-state index contributed by atoms with van der Waals surface area (Å²) in [6.45, 7) is 4.47. The second-order valence-electron chi connectivity index (χ2n) is 2.91. The molecule has 0 aromatic rings. The average Bonchev–Trinajstić information content (AvgIpc) is 2.15. The largest absolute Gasteiger partial charge is 1.00 e. The topological polar surface area (TPSA) is 0 Å². The fraction of sp³-hybridized carbons (Fsp3) is 0.556. The molecule has 0 N–H and O–H groups in total. The Morgan fingerprint density at radius 1 is 1.42 bits per heavy atom. The van der Waals surface area contributed by atoms with E-state index >= 15 is 0 Å². The summed E-state index contributed by atoms with van der Waals surface area (Å²) < 4.78 is 0. The Kier molecular flexibility index (Phi) is 15.6. The van der Waals surface area contributed by atoms with Gasteiger partial charge in [0.25, 0.3) is 0 Å². The van der Waals surface area contributed by atoms with E-state index in [2.05, 4.69) is 32.1 Å². The zero-order valence-corrected chi connectivity index (χ0v) is 12.5. The second-order valence-corrected chi connectivity index (χ2v) is 2.91. The molecule has 0 unspecified atom stereocenters. The molecule has 1 aliphatic carbocycles. The van der Waals surface area contributed by atoms with E-state index in [0.717, 1.165) is 12.3 Å². The number of rotatable bonds is 2. The minimum absolute atomic E-state index is 0. The van der Waals surface area contributed by atoms with Gasteiger partial charge >= 0.3 is 0 Å². The van der Waals surface area contributed by atoms with Crippen molar-refractivity contribution < 1.29 is 50.7 Å². The van der Waals surface area contributed by atoms with Crippen LogP contribution in [0.3, 0.4) is 0 Å². The normalized spacial score (nSPS) is 12.8. The molecule has 3 heteroatoms. The van der Waals surface area contributed by atoms with E-state index in [1.54, 1.807) is 0 Å². The molecular formula is C9H13Cl2Hf-3. The van der Waals surface area contributed by atoms with Crippen LogP contribution in [0.25, 0.3) is 0 Å². The monoisotopic (exact) mass is 371 g/mol. The van der Waals surface area contributed by atoms with E-state index in [1.807, 2.05) is 0 Å². The SMILES string of the molecule is CC(C)CC1=[C-]CC=C1.[Cl-].[Cl-].[Hf]. The van der Waals surface area contributed by atoms with Crippen molar-refractivity contribution in [1.82, 2.24) is 0 Å². The maximum atomic E-state index is 3.29. The quantitative estimate of drug-likeness (QED) is 0.353. The predicted octanol–water partition coefficient (Wildman–Crippen LogP) is -3.27. The first-order valence-electron chi connectivity index (χ1n) is 3.55. The molecule has 0 bridgehead atoms. The first-order valence-corrected chi connectivity index (χ1v) is 3.55. The molecular weight excluding hydrogens is 357 g/mol. The average molecular weight is 371 g/mol. The van der Waals surface area contributed by atoms with E-state index in [4.69, 9.17) is 0 Å². The first kappa shape index (κ1) is 18.7. The van der Waals surface area contributed by atoms with Gasteiger partial charge in [0, 0.05) is 25.8 Å². The van der Waals surface area contributed by atoms with Gasteiger partial charge in [-0.25, -0.2) is 11.6 Å². The molecule has 1 rings (SSSR count). The van der Waals surface area contributed by atoms with Crippen LogP contribution in [0.2, 0.25) is 0 Å². The zero-order valence-electron chi connectivity index (χ0n) is 7.40. The van der Waals surface area contributed by atoms with Crippen LogP contribution in [0.4, 0.5) is 0 Å². The minimum Gasteiger partial charge on any atom is -1.00 e. The van der Waals surface area contributed by atoms with Gasteiger partial charge in [0.1, 0.15) is 0 Å². The van der Waals surface area contributed by atoms with Gasteiger partial charge in [-0.15, -0.1) is 6.42 Å². The standard InChI is InChI=1S/C9H13.2ClH.Hf/c1-8(2)7-9-5-3-4-6-9;;;/h3,5,8H,4,7H2,1-2H3;2*1H;/q-1;;;/p-2. The smallest absolute Gasteiger partial charge is 0 e. The number of allylic oxidation sites excluding steroid dienone is 4. The number of hydrogen-bond donors (Lipinski definition) is 0.